The number of hydrogen-bond donors (Lipinski definition) is 2. The van der Waals surface area contributed by atoms with Crippen molar-refractivity contribution in [3.05, 3.63) is 52.6 Å². The molecule has 0 unspecified atom stereocenters. The first-order valence-corrected chi connectivity index (χ1v) is 7.80. The van der Waals surface area contributed by atoms with Gasteiger partial charge in [0.15, 0.2) is 5.96 Å². The lowest BCUT2D eigenvalue weighted by Gasteiger charge is -2.13. The maximum Gasteiger partial charge on any atom is 0.193 e. The summed E-state index contributed by atoms with van der Waals surface area (Å²) in [5.41, 5.74) is 11.7. The van der Waals surface area contributed by atoms with Crippen molar-refractivity contribution in [1.82, 2.24) is 0 Å². The highest BCUT2D eigenvalue weighted by Crippen LogP contribution is 2.28. The predicted octanol–water partition coefficient (Wildman–Crippen LogP) is 3.56. The summed E-state index contributed by atoms with van der Waals surface area (Å²) in [7, 11) is 3.23. The molecule has 2 rings (SSSR count). The van der Waals surface area contributed by atoms with E-state index in [1.807, 2.05) is 18.2 Å². The van der Waals surface area contributed by atoms with Gasteiger partial charge in [-0.2, -0.15) is 0 Å². The zero-order valence-electron chi connectivity index (χ0n) is 14.9. The zero-order chi connectivity index (χ0) is 17.7. The first kappa shape index (κ1) is 17.7. The second-order valence-electron chi connectivity index (χ2n) is 5.77. The van der Waals surface area contributed by atoms with Crippen LogP contribution in [0.4, 0.5) is 5.69 Å². The first-order chi connectivity index (χ1) is 11.4. The van der Waals surface area contributed by atoms with Crippen LogP contribution in [0.5, 0.6) is 11.5 Å². The molecule has 0 radical (unpaired) electrons. The van der Waals surface area contributed by atoms with Gasteiger partial charge >= 0.3 is 0 Å². The average molecular weight is 327 g/mol. The van der Waals surface area contributed by atoms with Crippen molar-refractivity contribution in [2.45, 2.75) is 27.3 Å². The molecule has 0 saturated carbocycles. The van der Waals surface area contributed by atoms with Gasteiger partial charge in [-0.05, 0) is 49.6 Å². The second-order valence-corrected chi connectivity index (χ2v) is 5.77. The molecule has 5 heteroatoms. The molecule has 0 aliphatic heterocycles. The summed E-state index contributed by atoms with van der Waals surface area (Å²) in [6.45, 7) is 6.82. The molecule has 0 aromatic heterocycles. The Morgan fingerprint density at radius 2 is 1.71 bits per heavy atom. The van der Waals surface area contributed by atoms with Gasteiger partial charge in [-0.15, -0.1) is 0 Å². The Morgan fingerprint density at radius 1 is 1.04 bits per heavy atom. The molecule has 0 heterocycles. The Labute approximate surface area is 143 Å². The van der Waals surface area contributed by atoms with E-state index >= 15 is 0 Å². The number of benzene rings is 2. The van der Waals surface area contributed by atoms with Gasteiger partial charge in [0.05, 0.1) is 26.5 Å². The van der Waals surface area contributed by atoms with Gasteiger partial charge in [0.25, 0.3) is 0 Å². The Balaban J connectivity index is 2.18. The van der Waals surface area contributed by atoms with Gasteiger partial charge in [-0.25, -0.2) is 4.99 Å². The first-order valence-electron chi connectivity index (χ1n) is 7.80. The summed E-state index contributed by atoms with van der Waals surface area (Å²) in [5.74, 6) is 1.73. The Morgan fingerprint density at radius 3 is 2.29 bits per heavy atom. The van der Waals surface area contributed by atoms with Crippen LogP contribution in [0.1, 0.15) is 22.3 Å². The van der Waals surface area contributed by atoms with Crippen LogP contribution >= 0.6 is 0 Å². The number of nitrogens with two attached hydrogens (primary N) is 1. The highest BCUT2D eigenvalue weighted by atomic mass is 16.5. The summed E-state index contributed by atoms with van der Waals surface area (Å²) < 4.78 is 10.6. The van der Waals surface area contributed by atoms with Crippen LogP contribution in [0.2, 0.25) is 0 Å². The topological polar surface area (TPSA) is 68.9 Å². The van der Waals surface area contributed by atoms with E-state index in [9.17, 15) is 0 Å². The average Bonchev–Trinajstić information content (AvgIpc) is 2.53. The monoisotopic (exact) mass is 327 g/mol. The number of ether oxygens (including phenoxy) is 2. The van der Waals surface area contributed by atoms with Crippen LogP contribution in [-0.2, 0) is 6.54 Å². The van der Waals surface area contributed by atoms with E-state index in [2.05, 4.69) is 43.2 Å². The largest absolute Gasteiger partial charge is 0.497 e. The minimum atomic E-state index is 0.334. The molecule has 0 aliphatic carbocycles. The summed E-state index contributed by atoms with van der Waals surface area (Å²) in [6.07, 6.45) is 0. The minimum Gasteiger partial charge on any atom is -0.497 e. The predicted molar refractivity (Wildman–Crippen MR) is 99.1 cm³/mol. The number of guanidine groups is 1. The normalized spacial score (nSPS) is 11.3. The third kappa shape index (κ3) is 4.19. The molecule has 0 spiro atoms. The molecular weight excluding hydrogens is 302 g/mol. The molecular formula is C19H25N3O2. The zero-order valence-corrected chi connectivity index (χ0v) is 14.9. The molecule has 128 valence electrons. The second kappa shape index (κ2) is 7.73. The van der Waals surface area contributed by atoms with Crippen LogP contribution in [0.3, 0.4) is 0 Å². The quantitative estimate of drug-likeness (QED) is 0.651. The molecule has 0 aliphatic rings. The third-order valence-electron chi connectivity index (χ3n) is 3.92. The lowest BCUT2D eigenvalue weighted by atomic mass is 10.00. The maximum atomic E-state index is 6.04. The van der Waals surface area contributed by atoms with Crippen molar-refractivity contribution in [2.75, 3.05) is 19.5 Å². The van der Waals surface area contributed by atoms with E-state index in [0.717, 1.165) is 11.4 Å². The van der Waals surface area contributed by atoms with E-state index in [1.165, 1.54) is 22.3 Å². The Bertz CT molecular complexity index is 731. The van der Waals surface area contributed by atoms with Crippen molar-refractivity contribution in [2.24, 2.45) is 10.7 Å². The molecule has 2 aromatic rings. The Kier molecular flexibility index (Phi) is 5.68. The van der Waals surface area contributed by atoms with E-state index in [-0.39, 0.29) is 0 Å². The number of hydrogen-bond acceptors (Lipinski definition) is 3. The number of methoxy groups -OCH3 is 2. The third-order valence-corrected chi connectivity index (χ3v) is 3.92. The van der Waals surface area contributed by atoms with E-state index in [0.29, 0.717) is 18.3 Å². The minimum absolute atomic E-state index is 0.334. The number of anilines is 1. The molecule has 0 bridgehead atoms. The van der Waals surface area contributed by atoms with Gasteiger partial charge in [0.1, 0.15) is 11.5 Å². The van der Waals surface area contributed by atoms with Crippen LogP contribution in [0, 0.1) is 20.8 Å². The van der Waals surface area contributed by atoms with Crippen LogP contribution < -0.4 is 20.5 Å². The molecule has 3 N–H and O–H groups in total. The van der Waals surface area contributed by atoms with Crippen molar-refractivity contribution >= 4 is 11.6 Å². The fraction of sp³-hybridized carbons (Fsp3) is 0.316. The van der Waals surface area contributed by atoms with Crippen molar-refractivity contribution in [1.29, 1.82) is 0 Å². The molecule has 2 aromatic carbocycles. The summed E-state index contributed by atoms with van der Waals surface area (Å²) in [4.78, 5) is 4.46. The van der Waals surface area contributed by atoms with E-state index in [1.54, 1.807) is 14.2 Å². The van der Waals surface area contributed by atoms with Gasteiger partial charge < -0.3 is 20.5 Å². The molecule has 0 atom stereocenters. The van der Waals surface area contributed by atoms with E-state index in [4.69, 9.17) is 15.2 Å². The summed E-state index contributed by atoms with van der Waals surface area (Å²) >= 11 is 0. The number of aryl methyl sites for hydroxylation is 3. The standard InChI is InChI=1S/C19H25N3O2/c1-12-8-13(2)16(14(3)9-12)11-21-19(20)22-17-10-15(23-4)6-7-18(17)24-5/h6-10H,11H2,1-5H3,(H3,20,21,22). The highest BCUT2D eigenvalue weighted by Gasteiger charge is 2.07. The fourth-order valence-electron chi connectivity index (χ4n) is 2.71. The van der Waals surface area contributed by atoms with Crippen LogP contribution in [0.25, 0.3) is 0 Å². The molecule has 24 heavy (non-hydrogen) atoms. The summed E-state index contributed by atoms with van der Waals surface area (Å²) in [5, 5.41) is 3.08. The van der Waals surface area contributed by atoms with Gasteiger partial charge in [0, 0.05) is 6.07 Å². The van der Waals surface area contributed by atoms with Crippen molar-refractivity contribution < 1.29 is 9.47 Å². The lowest BCUT2D eigenvalue weighted by Crippen LogP contribution is -2.23. The Hall–Kier alpha value is -2.69. The maximum absolute atomic E-state index is 6.04. The number of rotatable bonds is 5. The summed E-state index contributed by atoms with van der Waals surface area (Å²) in [6, 6.07) is 9.79. The van der Waals surface area contributed by atoms with Gasteiger partial charge in [-0.1, -0.05) is 17.7 Å². The SMILES string of the molecule is COc1ccc(OC)c(NC(N)=NCc2c(C)cc(C)cc2C)c1. The van der Waals surface area contributed by atoms with E-state index < -0.39 is 0 Å². The number of nitrogens with one attached hydrogen (secondary N) is 1. The van der Waals surface area contributed by atoms with Gasteiger partial charge in [-0.3, -0.25) is 0 Å². The van der Waals surface area contributed by atoms with Crippen LogP contribution in [0.15, 0.2) is 35.3 Å². The number of aliphatic imine (C=N–C) groups is 1. The smallest absolute Gasteiger partial charge is 0.193 e. The van der Waals surface area contributed by atoms with Crippen LogP contribution in [-0.4, -0.2) is 20.2 Å². The van der Waals surface area contributed by atoms with Gasteiger partial charge in [0.2, 0.25) is 0 Å². The van der Waals surface area contributed by atoms with Crippen molar-refractivity contribution in [3.8, 4) is 11.5 Å². The lowest BCUT2D eigenvalue weighted by molar-refractivity contribution is 0.405. The molecule has 5 nitrogen and oxygen atoms in total. The molecule has 0 amide bonds. The number of nitrogens with zero attached hydrogens (tertiary/aromatic N) is 1. The van der Waals surface area contributed by atoms with Crippen molar-refractivity contribution in [3.63, 3.8) is 0 Å². The fourth-order valence-corrected chi connectivity index (χ4v) is 2.71. The molecule has 0 fully saturated rings. The highest BCUT2D eigenvalue weighted by molar-refractivity contribution is 5.94. The molecule has 0 saturated heterocycles.